The van der Waals surface area contributed by atoms with Crippen molar-refractivity contribution in [3.63, 3.8) is 0 Å². The Hall–Kier alpha value is -0.390. The minimum Gasteiger partial charge on any atom is -0.359 e. The molecule has 0 spiro atoms. The largest absolute Gasteiger partial charge is 0.359 e. The lowest BCUT2D eigenvalue weighted by Gasteiger charge is -2.11. The van der Waals surface area contributed by atoms with E-state index in [0.717, 1.165) is 8.66 Å². The lowest BCUT2D eigenvalue weighted by molar-refractivity contribution is -0.120. The Bertz CT molecular complexity index is 314. The van der Waals surface area contributed by atoms with E-state index >= 15 is 0 Å². The van der Waals surface area contributed by atoms with E-state index in [9.17, 15) is 4.79 Å². The van der Waals surface area contributed by atoms with Crippen LogP contribution in [0.25, 0.3) is 0 Å². The molecule has 14 heavy (non-hydrogen) atoms. The monoisotopic (exact) mass is 276 g/mol. The van der Waals surface area contributed by atoms with Gasteiger partial charge < -0.3 is 11.1 Å². The summed E-state index contributed by atoms with van der Waals surface area (Å²) in [5.74, 6) is 0.163. The van der Waals surface area contributed by atoms with Gasteiger partial charge in [-0.15, -0.1) is 11.3 Å². The second kappa shape index (κ2) is 5.48. The number of nitrogens with one attached hydrogen (secondary N) is 1. The van der Waals surface area contributed by atoms with E-state index in [4.69, 9.17) is 5.73 Å². The van der Waals surface area contributed by atoms with Gasteiger partial charge in [0.25, 0.3) is 0 Å². The Morgan fingerprint density at radius 1 is 1.71 bits per heavy atom. The number of rotatable bonds is 4. The minimum absolute atomic E-state index is 0.0324. The van der Waals surface area contributed by atoms with Gasteiger partial charge in [-0.05, 0) is 28.1 Å². The Morgan fingerprint density at radius 2 is 2.43 bits per heavy atom. The van der Waals surface area contributed by atoms with Crippen molar-refractivity contribution in [2.24, 2.45) is 5.73 Å². The molecule has 0 aliphatic carbocycles. The molecular weight excluding hydrogens is 264 g/mol. The van der Waals surface area contributed by atoms with Gasteiger partial charge in [0.05, 0.1) is 3.79 Å². The summed E-state index contributed by atoms with van der Waals surface area (Å²) >= 11 is 5.02. The third kappa shape index (κ3) is 3.08. The number of hydrogen-bond acceptors (Lipinski definition) is 3. The van der Waals surface area contributed by atoms with Crippen molar-refractivity contribution in [2.75, 3.05) is 13.6 Å². The molecule has 1 aromatic heterocycles. The maximum atomic E-state index is 11.2. The summed E-state index contributed by atoms with van der Waals surface area (Å²) in [7, 11) is 1.64. The van der Waals surface area contributed by atoms with Crippen molar-refractivity contribution in [3.05, 3.63) is 20.8 Å². The molecule has 0 aliphatic rings. The summed E-state index contributed by atoms with van der Waals surface area (Å²) < 4.78 is 1.07. The molecule has 5 heteroatoms. The zero-order valence-electron chi connectivity index (χ0n) is 7.92. The molecule has 1 amide bonds. The molecule has 1 heterocycles. The summed E-state index contributed by atoms with van der Waals surface area (Å²) in [5.41, 5.74) is 5.63. The summed E-state index contributed by atoms with van der Waals surface area (Å²) in [4.78, 5) is 12.3. The first-order chi connectivity index (χ1) is 6.67. The average molecular weight is 277 g/mol. The molecule has 78 valence electrons. The molecule has 1 rings (SSSR count). The van der Waals surface area contributed by atoms with E-state index in [0.29, 0.717) is 13.0 Å². The van der Waals surface area contributed by atoms with E-state index in [-0.39, 0.29) is 11.8 Å². The van der Waals surface area contributed by atoms with Crippen LogP contribution in [0.1, 0.15) is 17.2 Å². The fraction of sp³-hybridized carbons (Fsp3) is 0.444. The topological polar surface area (TPSA) is 55.1 Å². The number of nitrogens with two attached hydrogens (primary N) is 1. The van der Waals surface area contributed by atoms with Crippen LogP contribution in [0.4, 0.5) is 0 Å². The summed E-state index contributed by atoms with van der Waals surface area (Å²) in [6.45, 7) is 0.500. The predicted octanol–water partition coefficient (Wildman–Crippen LogP) is 1.69. The molecule has 0 fully saturated rings. The van der Waals surface area contributed by atoms with Gasteiger partial charge in [0, 0.05) is 30.8 Å². The third-order valence-corrected chi connectivity index (χ3v) is 3.78. The molecule has 1 aromatic rings. The Balaban J connectivity index is 2.67. The molecule has 0 saturated carbocycles. The van der Waals surface area contributed by atoms with Crippen LogP contribution in [0, 0.1) is 0 Å². The van der Waals surface area contributed by atoms with Gasteiger partial charge in [-0.2, -0.15) is 0 Å². The highest BCUT2D eigenvalue weighted by Crippen LogP contribution is 2.29. The second-order valence-electron chi connectivity index (χ2n) is 2.95. The van der Waals surface area contributed by atoms with E-state index < -0.39 is 0 Å². The summed E-state index contributed by atoms with van der Waals surface area (Å²) in [6.07, 6.45) is 0.458. The standard InChI is InChI=1S/C9H13BrN2OS/c1-12-9(13)4-6(5-11)7-2-3-8(10)14-7/h2-3,6H,4-5,11H2,1H3,(H,12,13). The number of carbonyl (C=O) groups is 1. The van der Waals surface area contributed by atoms with Crippen LogP contribution in [0.3, 0.4) is 0 Å². The molecule has 3 nitrogen and oxygen atoms in total. The lowest BCUT2D eigenvalue weighted by Crippen LogP contribution is -2.23. The Morgan fingerprint density at radius 3 is 2.86 bits per heavy atom. The average Bonchev–Trinajstić information content (AvgIpc) is 2.60. The molecule has 0 aromatic carbocycles. The van der Waals surface area contributed by atoms with Gasteiger partial charge in [-0.25, -0.2) is 0 Å². The zero-order chi connectivity index (χ0) is 10.6. The van der Waals surface area contributed by atoms with Gasteiger partial charge in [0.2, 0.25) is 5.91 Å². The van der Waals surface area contributed by atoms with E-state index in [2.05, 4.69) is 21.2 Å². The molecule has 0 aliphatic heterocycles. The van der Waals surface area contributed by atoms with Gasteiger partial charge >= 0.3 is 0 Å². The minimum atomic E-state index is 0.0324. The van der Waals surface area contributed by atoms with Crippen LogP contribution in [-0.2, 0) is 4.79 Å². The van der Waals surface area contributed by atoms with Crippen LogP contribution in [0.5, 0.6) is 0 Å². The van der Waals surface area contributed by atoms with Crippen LogP contribution in [-0.4, -0.2) is 19.5 Å². The van der Waals surface area contributed by atoms with Crippen LogP contribution in [0.2, 0.25) is 0 Å². The van der Waals surface area contributed by atoms with Gasteiger partial charge in [-0.3, -0.25) is 4.79 Å². The van der Waals surface area contributed by atoms with Crippen LogP contribution in [0.15, 0.2) is 15.9 Å². The molecule has 0 saturated heterocycles. The second-order valence-corrected chi connectivity index (χ2v) is 5.45. The van der Waals surface area contributed by atoms with Crippen molar-refractivity contribution >= 4 is 33.2 Å². The van der Waals surface area contributed by atoms with Crippen molar-refractivity contribution < 1.29 is 4.79 Å². The fourth-order valence-corrected chi connectivity index (χ4v) is 2.71. The maximum absolute atomic E-state index is 11.2. The molecule has 1 atom stereocenters. The number of thiophene rings is 1. The lowest BCUT2D eigenvalue weighted by atomic mass is 10.0. The van der Waals surface area contributed by atoms with Gasteiger partial charge in [0.1, 0.15) is 0 Å². The quantitative estimate of drug-likeness (QED) is 0.880. The van der Waals surface area contributed by atoms with Crippen LogP contribution >= 0.6 is 27.3 Å². The Kier molecular flexibility index (Phi) is 4.57. The zero-order valence-corrected chi connectivity index (χ0v) is 10.3. The first kappa shape index (κ1) is 11.7. The summed E-state index contributed by atoms with van der Waals surface area (Å²) in [6, 6.07) is 3.99. The highest BCUT2D eigenvalue weighted by molar-refractivity contribution is 9.11. The molecular formula is C9H13BrN2OS. The fourth-order valence-electron chi connectivity index (χ4n) is 1.17. The van der Waals surface area contributed by atoms with E-state index in [1.165, 1.54) is 0 Å². The van der Waals surface area contributed by atoms with E-state index in [1.54, 1.807) is 18.4 Å². The van der Waals surface area contributed by atoms with Crippen molar-refractivity contribution in [1.82, 2.24) is 5.32 Å². The van der Waals surface area contributed by atoms with E-state index in [1.807, 2.05) is 12.1 Å². The van der Waals surface area contributed by atoms with Crippen molar-refractivity contribution in [1.29, 1.82) is 0 Å². The number of carbonyl (C=O) groups excluding carboxylic acids is 1. The highest BCUT2D eigenvalue weighted by Gasteiger charge is 2.15. The Labute approximate surface area is 95.8 Å². The highest BCUT2D eigenvalue weighted by atomic mass is 79.9. The molecule has 0 radical (unpaired) electrons. The smallest absolute Gasteiger partial charge is 0.220 e. The predicted molar refractivity (Wildman–Crippen MR) is 62.5 cm³/mol. The van der Waals surface area contributed by atoms with Crippen molar-refractivity contribution in [3.8, 4) is 0 Å². The first-order valence-electron chi connectivity index (χ1n) is 4.33. The third-order valence-electron chi connectivity index (χ3n) is 1.99. The number of hydrogen-bond donors (Lipinski definition) is 2. The number of halogens is 1. The van der Waals surface area contributed by atoms with Gasteiger partial charge in [0.15, 0.2) is 0 Å². The normalized spacial score (nSPS) is 12.5. The summed E-state index contributed by atoms with van der Waals surface area (Å²) in [5, 5.41) is 2.60. The number of amides is 1. The van der Waals surface area contributed by atoms with Crippen molar-refractivity contribution in [2.45, 2.75) is 12.3 Å². The van der Waals surface area contributed by atoms with Gasteiger partial charge in [-0.1, -0.05) is 0 Å². The van der Waals surface area contributed by atoms with Crippen LogP contribution < -0.4 is 11.1 Å². The molecule has 0 bridgehead atoms. The molecule has 1 unspecified atom stereocenters. The molecule has 3 N–H and O–H groups in total. The maximum Gasteiger partial charge on any atom is 0.220 e. The SMILES string of the molecule is CNC(=O)CC(CN)c1ccc(Br)s1. The first-order valence-corrected chi connectivity index (χ1v) is 5.94.